The van der Waals surface area contributed by atoms with Gasteiger partial charge in [-0.15, -0.1) is 0 Å². The molecule has 1 aromatic rings. The molecule has 1 rings (SSSR count). The highest BCUT2D eigenvalue weighted by molar-refractivity contribution is 9.10. The standard InChI is InChI=1S/C14H22BrNO3/c1-11(6-7-18-2)16-9-13(17)10-19-14-5-3-4-12(15)8-14/h3-5,8,11,13,16-17H,6-7,9-10H2,1-2H3. The molecule has 4 nitrogen and oxygen atoms in total. The number of hydrogen-bond donors (Lipinski definition) is 2. The molecule has 0 saturated carbocycles. The Kier molecular flexibility index (Phi) is 8.05. The van der Waals surface area contributed by atoms with Crippen molar-refractivity contribution in [3.05, 3.63) is 28.7 Å². The van der Waals surface area contributed by atoms with Crippen LogP contribution in [-0.2, 0) is 4.74 Å². The second-order valence-corrected chi connectivity index (χ2v) is 5.43. The van der Waals surface area contributed by atoms with Crippen molar-refractivity contribution in [2.24, 2.45) is 0 Å². The summed E-state index contributed by atoms with van der Waals surface area (Å²) < 4.78 is 11.5. The Labute approximate surface area is 123 Å². The molecule has 5 heteroatoms. The van der Waals surface area contributed by atoms with Crippen LogP contribution < -0.4 is 10.1 Å². The van der Waals surface area contributed by atoms with E-state index >= 15 is 0 Å². The van der Waals surface area contributed by atoms with Gasteiger partial charge in [0.15, 0.2) is 0 Å². The summed E-state index contributed by atoms with van der Waals surface area (Å²) in [4.78, 5) is 0. The molecule has 0 aliphatic carbocycles. The first-order valence-electron chi connectivity index (χ1n) is 6.40. The highest BCUT2D eigenvalue weighted by Gasteiger charge is 2.08. The second kappa shape index (κ2) is 9.31. The van der Waals surface area contributed by atoms with Crippen molar-refractivity contribution in [3.63, 3.8) is 0 Å². The number of aliphatic hydroxyl groups excluding tert-OH is 1. The summed E-state index contributed by atoms with van der Waals surface area (Å²) in [6.45, 7) is 3.58. The average Bonchev–Trinajstić information content (AvgIpc) is 2.40. The van der Waals surface area contributed by atoms with E-state index in [1.165, 1.54) is 0 Å². The summed E-state index contributed by atoms with van der Waals surface area (Å²) in [7, 11) is 1.69. The molecule has 0 aromatic heterocycles. The average molecular weight is 332 g/mol. The van der Waals surface area contributed by atoms with Crippen LogP contribution in [-0.4, -0.2) is 44.1 Å². The maximum Gasteiger partial charge on any atom is 0.120 e. The fourth-order valence-corrected chi connectivity index (χ4v) is 1.92. The normalized spacial score (nSPS) is 14.1. The van der Waals surface area contributed by atoms with Gasteiger partial charge in [0.2, 0.25) is 0 Å². The van der Waals surface area contributed by atoms with E-state index < -0.39 is 6.10 Å². The van der Waals surface area contributed by atoms with Crippen molar-refractivity contribution < 1.29 is 14.6 Å². The first kappa shape index (κ1) is 16.4. The lowest BCUT2D eigenvalue weighted by Crippen LogP contribution is -2.37. The van der Waals surface area contributed by atoms with E-state index in [1.807, 2.05) is 24.3 Å². The molecule has 108 valence electrons. The van der Waals surface area contributed by atoms with Crippen LogP contribution in [0.4, 0.5) is 0 Å². The molecular formula is C14H22BrNO3. The number of nitrogens with one attached hydrogen (secondary N) is 1. The van der Waals surface area contributed by atoms with Crippen LogP contribution in [0.15, 0.2) is 28.7 Å². The van der Waals surface area contributed by atoms with Gasteiger partial charge >= 0.3 is 0 Å². The molecule has 0 amide bonds. The van der Waals surface area contributed by atoms with E-state index in [0.717, 1.165) is 23.2 Å². The van der Waals surface area contributed by atoms with Crippen LogP contribution in [0.3, 0.4) is 0 Å². The zero-order chi connectivity index (χ0) is 14.1. The minimum absolute atomic E-state index is 0.278. The van der Waals surface area contributed by atoms with Gasteiger partial charge < -0.3 is 19.9 Å². The number of benzene rings is 1. The minimum atomic E-state index is -0.524. The van der Waals surface area contributed by atoms with Crippen LogP contribution >= 0.6 is 15.9 Å². The van der Waals surface area contributed by atoms with Crippen molar-refractivity contribution in [1.29, 1.82) is 0 Å². The smallest absolute Gasteiger partial charge is 0.120 e. The van der Waals surface area contributed by atoms with Crippen LogP contribution in [0.2, 0.25) is 0 Å². The van der Waals surface area contributed by atoms with E-state index in [-0.39, 0.29) is 6.61 Å². The Morgan fingerprint density at radius 1 is 1.42 bits per heavy atom. The summed E-state index contributed by atoms with van der Waals surface area (Å²) in [5.41, 5.74) is 0. The van der Waals surface area contributed by atoms with E-state index in [0.29, 0.717) is 12.6 Å². The molecule has 0 heterocycles. The maximum atomic E-state index is 9.82. The number of ether oxygens (including phenoxy) is 2. The van der Waals surface area contributed by atoms with E-state index in [9.17, 15) is 5.11 Å². The summed E-state index contributed by atoms with van der Waals surface area (Å²) in [6.07, 6.45) is 0.402. The van der Waals surface area contributed by atoms with Crippen molar-refractivity contribution >= 4 is 15.9 Å². The van der Waals surface area contributed by atoms with Gasteiger partial charge in [-0.25, -0.2) is 0 Å². The number of aliphatic hydroxyl groups is 1. The first-order chi connectivity index (χ1) is 9.11. The molecular weight excluding hydrogens is 310 g/mol. The lowest BCUT2D eigenvalue weighted by molar-refractivity contribution is 0.102. The Morgan fingerprint density at radius 3 is 2.89 bits per heavy atom. The topological polar surface area (TPSA) is 50.7 Å². The fourth-order valence-electron chi connectivity index (χ4n) is 1.54. The monoisotopic (exact) mass is 331 g/mol. The predicted molar refractivity (Wildman–Crippen MR) is 79.6 cm³/mol. The second-order valence-electron chi connectivity index (χ2n) is 4.51. The third kappa shape index (κ3) is 7.52. The van der Waals surface area contributed by atoms with Crippen LogP contribution in [0, 0.1) is 0 Å². The van der Waals surface area contributed by atoms with Crippen LogP contribution in [0.1, 0.15) is 13.3 Å². The molecule has 2 atom stereocenters. The molecule has 0 saturated heterocycles. The van der Waals surface area contributed by atoms with Crippen molar-refractivity contribution in [2.45, 2.75) is 25.5 Å². The summed E-state index contributed by atoms with van der Waals surface area (Å²) in [6, 6.07) is 7.90. The predicted octanol–water partition coefficient (Wildman–Crippen LogP) is 2.20. The largest absolute Gasteiger partial charge is 0.491 e. The SMILES string of the molecule is COCCC(C)NCC(O)COc1cccc(Br)c1. The number of halogens is 1. The molecule has 2 N–H and O–H groups in total. The Bertz CT molecular complexity index is 362. The van der Waals surface area contributed by atoms with Gasteiger partial charge in [-0.3, -0.25) is 0 Å². The maximum absolute atomic E-state index is 9.82. The summed E-state index contributed by atoms with van der Waals surface area (Å²) in [5.74, 6) is 0.751. The van der Waals surface area contributed by atoms with Gasteiger partial charge in [-0.1, -0.05) is 22.0 Å². The first-order valence-corrected chi connectivity index (χ1v) is 7.20. The lowest BCUT2D eigenvalue weighted by atomic mass is 10.2. The Hall–Kier alpha value is -0.620. The molecule has 19 heavy (non-hydrogen) atoms. The van der Waals surface area contributed by atoms with Gasteiger partial charge in [0, 0.05) is 30.8 Å². The third-order valence-corrected chi connectivity index (χ3v) is 3.19. The summed E-state index contributed by atoms with van der Waals surface area (Å²) >= 11 is 3.38. The molecule has 0 fully saturated rings. The molecule has 0 spiro atoms. The van der Waals surface area contributed by atoms with Crippen molar-refractivity contribution in [3.8, 4) is 5.75 Å². The van der Waals surface area contributed by atoms with Crippen molar-refractivity contribution in [2.75, 3.05) is 26.9 Å². The van der Waals surface area contributed by atoms with Gasteiger partial charge in [0.25, 0.3) is 0 Å². The molecule has 1 aromatic carbocycles. The highest BCUT2D eigenvalue weighted by atomic mass is 79.9. The summed E-state index contributed by atoms with van der Waals surface area (Å²) in [5, 5.41) is 13.1. The van der Waals surface area contributed by atoms with E-state index in [4.69, 9.17) is 9.47 Å². The zero-order valence-electron chi connectivity index (χ0n) is 11.4. The van der Waals surface area contributed by atoms with Gasteiger partial charge in [0.1, 0.15) is 18.5 Å². The van der Waals surface area contributed by atoms with Crippen LogP contribution in [0.25, 0.3) is 0 Å². The number of methoxy groups -OCH3 is 1. The van der Waals surface area contributed by atoms with Gasteiger partial charge in [-0.2, -0.15) is 0 Å². The fraction of sp³-hybridized carbons (Fsp3) is 0.571. The van der Waals surface area contributed by atoms with Crippen molar-refractivity contribution in [1.82, 2.24) is 5.32 Å². The zero-order valence-corrected chi connectivity index (χ0v) is 13.0. The molecule has 0 bridgehead atoms. The molecule has 2 unspecified atom stereocenters. The Balaban J connectivity index is 2.19. The van der Waals surface area contributed by atoms with Gasteiger partial charge in [0.05, 0.1) is 0 Å². The highest BCUT2D eigenvalue weighted by Crippen LogP contribution is 2.17. The van der Waals surface area contributed by atoms with E-state index in [1.54, 1.807) is 7.11 Å². The third-order valence-electron chi connectivity index (χ3n) is 2.70. The molecule has 0 aliphatic heterocycles. The number of hydrogen-bond acceptors (Lipinski definition) is 4. The molecule has 0 radical (unpaired) electrons. The Morgan fingerprint density at radius 2 is 2.21 bits per heavy atom. The van der Waals surface area contributed by atoms with Gasteiger partial charge in [-0.05, 0) is 31.5 Å². The van der Waals surface area contributed by atoms with Crippen LogP contribution in [0.5, 0.6) is 5.75 Å². The minimum Gasteiger partial charge on any atom is -0.491 e. The number of rotatable bonds is 9. The lowest BCUT2D eigenvalue weighted by Gasteiger charge is -2.17. The van der Waals surface area contributed by atoms with E-state index in [2.05, 4.69) is 28.2 Å². The molecule has 0 aliphatic rings. The quantitative estimate of drug-likeness (QED) is 0.728.